The van der Waals surface area contributed by atoms with E-state index in [4.69, 9.17) is 5.11 Å². The molecule has 4 heteroatoms. The Labute approximate surface area is 109 Å². The third-order valence-corrected chi connectivity index (χ3v) is 3.31. The molecule has 1 aromatic carbocycles. The van der Waals surface area contributed by atoms with Gasteiger partial charge < -0.3 is 5.11 Å². The first-order valence-electron chi connectivity index (χ1n) is 5.54. The van der Waals surface area contributed by atoms with Gasteiger partial charge in [-0.1, -0.05) is 24.3 Å². The van der Waals surface area contributed by atoms with Crippen LogP contribution in [0.25, 0.3) is 11.1 Å². The summed E-state index contributed by atoms with van der Waals surface area (Å²) >= 11 is 1.62. The summed E-state index contributed by atoms with van der Waals surface area (Å²) in [5, 5.41) is 12.6. The lowest BCUT2D eigenvalue weighted by Crippen LogP contribution is -2.03. The van der Waals surface area contributed by atoms with Crippen molar-refractivity contribution in [1.82, 2.24) is 0 Å². The SMILES string of the molecule is O=C(O)CCC(=O)c1ccc(-c2ccsc2)cc1. The minimum atomic E-state index is -0.946. The lowest BCUT2D eigenvalue weighted by molar-refractivity contribution is -0.136. The number of aliphatic carboxylic acids is 1. The van der Waals surface area contributed by atoms with Gasteiger partial charge in [-0.15, -0.1) is 0 Å². The molecule has 1 N–H and O–H groups in total. The van der Waals surface area contributed by atoms with Crippen molar-refractivity contribution in [2.45, 2.75) is 12.8 Å². The molecule has 0 spiro atoms. The summed E-state index contributed by atoms with van der Waals surface area (Å²) in [6.07, 6.45) is -0.0712. The van der Waals surface area contributed by atoms with Crippen molar-refractivity contribution in [1.29, 1.82) is 0 Å². The van der Waals surface area contributed by atoms with E-state index in [0.29, 0.717) is 5.56 Å². The number of hydrogen-bond acceptors (Lipinski definition) is 3. The largest absolute Gasteiger partial charge is 0.481 e. The number of Topliss-reactive ketones (excluding diaryl/α,β-unsaturated/α-hetero) is 1. The Morgan fingerprint density at radius 3 is 2.28 bits per heavy atom. The topological polar surface area (TPSA) is 54.4 Å². The molecule has 18 heavy (non-hydrogen) atoms. The van der Waals surface area contributed by atoms with Gasteiger partial charge in [-0.2, -0.15) is 11.3 Å². The fraction of sp³-hybridized carbons (Fsp3) is 0.143. The lowest BCUT2D eigenvalue weighted by Gasteiger charge is -2.01. The summed E-state index contributed by atoms with van der Waals surface area (Å²) in [6, 6.07) is 9.28. The van der Waals surface area contributed by atoms with Crippen LogP contribution in [0, 0.1) is 0 Å². The Morgan fingerprint density at radius 2 is 1.72 bits per heavy atom. The van der Waals surface area contributed by atoms with Crippen molar-refractivity contribution in [2.75, 3.05) is 0 Å². The van der Waals surface area contributed by atoms with E-state index in [9.17, 15) is 9.59 Å². The normalized spacial score (nSPS) is 10.2. The molecule has 92 valence electrons. The van der Waals surface area contributed by atoms with Crippen LogP contribution in [0.1, 0.15) is 23.2 Å². The Balaban J connectivity index is 2.08. The second kappa shape index (κ2) is 5.60. The summed E-state index contributed by atoms with van der Waals surface area (Å²) in [4.78, 5) is 22.1. The van der Waals surface area contributed by atoms with Crippen LogP contribution in [0.4, 0.5) is 0 Å². The molecule has 0 saturated carbocycles. The summed E-state index contributed by atoms with van der Waals surface area (Å²) in [5.74, 6) is -1.08. The number of hydrogen-bond donors (Lipinski definition) is 1. The molecule has 0 bridgehead atoms. The smallest absolute Gasteiger partial charge is 0.303 e. The molecule has 0 saturated heterocycles. The van der Waals surface area contributed by atoms with Crippen LogP contribution in [0.3, 0.4) is 0 Å². The lowest BCUT2D eigenvalue weighted by atomic mass is 10.0. The van der Waals surface area contributed by atoms with Gasteiger partial charge in [0.2, 0.25) is 0 Å². The predicted octanol–water partition coefficient (Wildman–Crippen LogP) is 3.46. The van der Waals surface area contributed by atoms with Crippen LogP contribution in [0.15, 0.2) is 41.1 Å². The first kappa shape index (κ1) is 12.5. The highest BCUT2D eigenvalue weighted by atomic mass is 32.1. The molecule has 0 fully saturated rings. The van der Waals surface area contributed by atoms with Gasteiger partial charge >= 0.3 is 5.97 Å². The van der Waals surface area contributed by atoms with E-state index in [2.05, 4.69) is 0 Å². The minimum Gasteiger partial charge on any atom is -0.481 e. The third kappa shape index (κ3) is 3.05. The monoisotopic (exact) mass is 260 g/mol. The summed E-state index contributed by atoms with van der Waals surface area (Å²) in [5.41, 5.74) is 2.76. The maximum atomic E-state index is 11.7. The zero-order chi connectivity index (χ0) is 13.0. The molecule has 1 aromatic heterocycles. The number of carboxylic acids is 1. The van der Waals surface area contributed by atoms with Gasteiger partial charge in [0.15, 0.2) is 5.78 Å². The molecule has 0 aliphatic heterocycles. The average molecular weight is 260 g/mol. The first-order chi connectivity index (χ1) is 8.66. The van der Waals surface area contributed by atoms with Crippen molar-refractivity contribution >= 4 is 23.1 Å². The van der Waals surface area contributed by atoms with Gasteiger partial charge in [-0.3, -0.25) is 9.59 Å². The molecule has 0 radical (unpaired) electrons. The molecule has 3 nitrogen and oxygen atoms in total. The molecule has 0 unspecified atom stereocenters. The number of thiophene rings is 1. The van der Waals surface area contributed by atoms with Crippen LogP contribution < -0.4 is 0 Å². The highest BCUT2D eigenvalue weighted by molar-refractivity contribution is 7.08. The molecular weight excluding hydrogens is 248 g/mol. The summed E-state index contributed by atoms with van der Waals surface area (Å²) in [6.45, 7) is 0. The fourth-order valence-corrected chi connectivity index (χ4v) is 2.31. The number of benzene rings is 1. The molecule has 2 rings (SSSR count). The van der Waals surface area contributed by atoms with E-state index >= 15 is 0 Å². The highest BCUT2D eigenvalue weighted by Gasteiger charge is 2.08. The predicted molar refractivity (Wildman–Crippen MR) is 71.0 cm³/mol. The van der Waals surface area contributed by atoms with E-state index in [-0.39, 0.29) is 18.6 Å². The van der Waals surface area contributed by atoms with Crippen molar-refractivity contribution in [2.24, 2.45) is 0 Å². The maximum absolute atomic E-state index is 11.7. The van der Waals surface area contributed by atoms with Gasteiger partial charge in [-0.25, -0.2) is 0 Å². The molecule has 0 aliphatic rings. The standard InChI is InChI=1S/C14H12O3S/c15-13(5-6-14(16)17)11-3-1-10(2-4-11)12-7-8-18-9-12/h1-4,7-9H,5-6H2,(H,16,17). The average Bonchev–Trinajstić information content (AvgIpc) is 2.90. The Morgan fingerprint density at radius 1 is 1.00 bits per heavy atom. The van der Waals surface area contributed by atoms with Crippen LogP contribution >= 0.6 is 11.3 Å². The second-order valence-corrected chi connectivity index (χ2v) is 4.69. The van der Waals surface area contributed by atoms with Crippen molar-refractivity contribution < 1.29 is 14.7 Å². The number of rotatable bonds is 5. The molecular formula is C14H12O3S. The number of carboxylic acid groups (broad SMARTS) is 1. The van der Waals surface area contributed by atoms with Gasteiger partial charge in [0.1, 0.15) is 0 Å². The number of carbonyl (C=O) groups excluding carboxylic acids is 1. The summed E-state index contributed by atoms with van der Waals surface area (Å²) < 4.78 is 0. The van der Waals surface area contributed by atoms with E-state index in [0.717, 1.165) is 11.1 Å². The molecule has 2 aromatic rings. The van der Waals surface area contributed by atoms with Crippen molar-refractivity contribution in [3.63, 3.8) is 0 Å². The zero-order valence-electron chi connectivity index (χ0n) is 9.63. The fourth-order valence-electron chi connectivity index (χ4n) is 1.64. The van der Waals surface area contributed by atoms with Crippen LogP contribution in [0.2, 0.25) is 0 Å². The first-order valence-corrected chi connectivity index (χ1v) is 6.49. The Kier molecular flexibility index (Phi) is 3.89. The molecule has 0 amide bonds. The van der Waals surface area contributed by atoms with Gasteiger partial charge in [0, 0.05) is 12.0 Å². The minimum absolute atomic E-state index is 0.0487. The molecule has 0 aliphatic carbocycles. The Hall–Kier alpha value is -1.94. The van der Waals surface area contributed by atoms with Crippen molar-refractivity contribution in [3.8, 4) is 11.1 Å². The summed E-state index contributed by atoms with van der Waals surface area (Å²) in [7, 11) is 0. The Bertz CT molecular complexity index is 541. The van der Waals surface area contributed by atoms with Crippen LogP contribution in [-0.2, 0) is 4.79 Å². The maximum Gasteiger partial charge on any atom is 0.303 e. The van der Waals surface area contributed by atoms with Crippen molar-refractivity contribution in [3.05, 3.63) is 46.7 Å². The third-order valence-electron chi connectivity index (χ3n) is 2.63. The van der Waals surface area contributed by atoms with E-state index < -0.39 is 5.97 Å². The van der Waals surface area contributed by atoms with Gasteiger partial charge in [0.05, 0.1) is 6.42 Å². The van der Waals surface area contributed by atoms with E-state index in [1.165, 1.54) is 0 Å². The van der Waals surface area contributed by atoms with Crippen LogP contribution in [-0.4, -0.2) is 16.9 Å². The van der Waals surface area contributed by atoms with Gasteiger partial charge in [0.25, 0.3) is 0 Å². The molecule has 0 atom stereocenters. The van der Waals surface area contributed by atoms with E-state index in [1.54, 1.807) is 23.5 Å². The van der Waals surface area contributed by atoms with E-state index in [1.807, 2.05) is 29.0 Å². The van der Waals surface area contributed by atoms with Crippen LogP contribution in [0.5, 0.6) is 0 Å². The molecule has 1 heterocycles. The quantitative estimate of drug-likeness (QED) is 0.837. The number of carbonyl (C=O) groups is 2. The highest BCUT2D eigenvalue weighted by Crippen LogP contribution is 2.22. The zero-order valence-corrected chi connectivity index (χ0v) is 10.4. The number of ketones is 1. The van der Waals surface area contributed by atoms with Gasteiger partial charge in [-0.05, 0) is 28.0 Å². The second-order valence-electron chi connectivity index (χ2n) is 3.91.